The number of ether oxygens (including phenoxy) is 2. The Morgan fingerprint density at radius 1 is 1.30 bits per heavy atom. The van der Waals surface area contributed by atoms with E-state index in [4.69, 9.17) is 9.47 Å². The summed E-state index contributed by atoms with van der Waals surface area (Å²) >= 11 is 0. The van der Waals surface area contributed by atoms with Crippen LogP contribution in [-0.4, -0.2) is 30.2 Å². The van der Waals surface area contributed by atoms with Crippen LogP contribution in [0.2, 0.25) is 0 Å². The number of nitrogens with one attached hydrogen (secondary N) is 1. The van der Waals surface area contributed by atoms with Gasteiger partial charge in [-0.1, -0.05) is 30.3 Å². The van der Waals surface area contributed by atoms with Gasteiger partial charge in [-0.3, -0.25) is 14.9 Å². The molecule has 2 rings (SSSR count). The van der Waals surface area contributed by atoms with E-state index in [-0.39, 0.29) is 24.1 Å². The maximum absolute atomic E-state index is 12.4. The first-order valence-corrected chi connectivity index (χ1v) is 8.07. The Morgan fingerprint density at radius 3 is 2.52 bits per heavy atom. The van der Waals surface area contributed by atoms with Crippen LogP contribution >= 0.6 is 0 Å². The van der Waals surface area contributed by atoms with Crippen molar-refractivity contribution >= 4 is 11.9 Å². The molecule has 1 aliphatic rings. The van der Waals surface area contributed by atoms with Gasteiger partial charge in [-0.15, -0.1) is 0 Å². The van der Waals surface area contributed by atoms with Gasteiger partial charge in [0, 0.05) is 6.04 Å². The monoisotopic (exact) mass is 319 g/mol. The smallest absolute Gasteiger partial charge is 0.326 e. The van der Waals surface area contributed by atoms with E-state index >= 15 is 0 Å². The highest BCUT2D eigenvalue weighted by Crippen LogP contribution is 2.39. The van der Waals surface area contributed by atoms with Crippen LogP contribution in [0.5, 0.6) is 0 Å². The van der Waals surface area contributed by atoms with Gasteiger partial charge in [0.2, 0.25) is 0 Å². The maximum Gasteiger partial charge on any atom is 0.326 e. The molecule has 0 saturated carbocycles. The van der Waals surface area contributed by atoms with Gasteiger partial charge in [-0.05, 0) is 39.7 Å². The molecule has 0 radical (unpaired) electrons. The third-order valence-corrected chi connectivity index (χ3v) is 4.05. The summed E-state index contributed by atoms with van der Waals surface area (Å²) in [6, 6.07) is 9.39. The molecule has 1 aliphatic heterocycles. The predicted octanol–water partition coefficient (Wildman–Crippen LogP) is 2.61. The molecule has 1 saturated heterocycles. The summed E-state index contributed by atoms with van der Waals surface area (Å²) in [5.41, 5.74) is 0.0639. The van der Waals surface area contributed by atoms with Crippen molar-refractivity contribution in [1.29, 1.82) is 0 Å². The highest BCUT2D eigenvalue weighted by atomic mass is 16.5. The van der Waals surface area contributed by atoms with Crippen molar-refractivity contribution in [3.05, 3.63) is 35.9 Å². The van der Waals surface area contributed by atoms with Crippen molar-refractivity contribution < 1.29 is 19.1 Å². The second-order valence-corrected chi connectivity index (χ2v) is 6.38. The predicted molar refractivity (Wildman–Crippen MR) is 86.7 cm³/mol. The second kappa shape index (κ2) is 7.13. The molecular formula is C18H25NO4. The Labute approximate surface area is 137 Å². The van der Waals surface area contributed by atoms with Crippen molar-refractivity contribution in [3.63, 3.8) is 0 Å². The molecule has 0 bridgehead atoms. The number of rotatable bonds is 5. The van der Waals surface area contributed by atoms with E-state index in [0.29, 0.717) is 13.0 Å². The Hall–Kier alpha value is -1.88. The molecule has 1 heterocycles. The molecule has 126 valence electrons. The van der Waals surface area contributed by atoms with Crippen LogP contribution in [0.3, 0.4) is 0 Å². The Morgan fingerprint density at radius 2 is 1.96 bits per heavy atom. The van der Waals surface area contributed by atoms with Crippen LogP contribution in [0.1, 0.15) is 45.7 Å². The highest BCUT2D eigenvalue weighted by molar-refractivity contribution is 5.84. The van der Waals surface area contributed by atoms with Crippen LogP contribution in [0, 0.1) is 5.92 Å². The topological polar surface area (TPSA) is 64.6 Å². The molecule has 1 aromatic rings. The van der Waals surface area contributed by atoms with E-state index in [2.05, 4.69) is 5.32 Å². The van der Waals surface area contributed by atoms with E-state index < -0.39 is 11.5 Å². The number of benzene rings is 1. The first-order chi connectivity index (χ1) is 10.9. The summed E-state index contributed by atoms with van der Waals surface area (Å²) in [7, 11) is 0. The molecule has 1 aromatic carbocycles. The second-order valence-electron chi connectivity index (χ2n) is 6.38. The first kappa shape index (κ1) is 17.5. The molecule has 0 amide bonds. The molecule has 23 heavy (non-hydrogen) atoms. The Balaban J connectivity index is 2.28. The number of carbonyl (C=O) groups is 2. The lowest BCUT2D eigenvalue weighted by molar-refractivity contribution is -0.154. The summed E-state index contributed by atoms with van der Waals surface area (Å²) in [6.07, 6.45) is 0.162. The van der Waals surface area contributed by atoms with Crippen LogP contribution in [-0.2, 0) is 19.1 Å². The van der Waals surface area contributed by atoms with E-state index in [9.17, 15) is 9.59 Å². The normalized spacial score (nSPS) is 27.0. The van der Waals surface area contributed by atoms with Gasteiger partial charge in [0.25, 0.3) is 0 Å². The van der Waals surface area contributed by atoms with Crippen LogP contribution in [0.4, 0.5) is 0 Å². The van der Waals surface area contributed by atoms with Gasteiger partial charge in [-0.2, -0.15) is 0 Å². The molecule has 3 atom stereocenters. The summed E-state index contributed by atoms with van der Waals surface area (Å²) in [5, 5.41) is 3.30. The summed E-state index contributed by atoms with van der Waals surface area (Å²) in [5.74, 6) is -1.03. The zero-order chi connectivity index (χ0) is 17.0. The minimum Gasteiger partial charge on any atom is -0.466 e. The highest BCUT2D eigenvalue weighted by Gasteiger charge is 2.51. The minimum absolute atomic E-state index is 0.196. The largest absolute Gasteiger partial charge is 0.466 e. The fourth-order valence-electron chi connectivity index (χ4n) is 2.99. The van der Waals surface area contributed by atoms with E-state index in [0.717, 1.165) is 5.56 Å². The van der Waals surface area contributed by atoms with Gasteiger partial charge >= 0.3 is 11.9 Å². The van der Waals surface area contributed by atoms with Crippen molar-refractivity contribution in [1.82, 2.24) is 5.32 Å². The molecule has 1 N–H and O–H groups in total. The average molecular weight is 319 g/mol. The molecule has 0 spiro atoms. The number of carbonyl (C=O) groups excluding carboxylic acids is 2. The zero-order valence-electron chi connectivity index (χ0n) is 14.2. The third kappa shape index (κ3) is 3.91. The molecule has 0 aromatic heterocycles. The summed E-state index contributed by atoms with van der Waals surface area (Å²) in [6.45, 7) is 7.52. The fourth-order valence-corrected chi connectivity index (χ4v) is 2.99. The van der Waals surface area contributed by atoms with Gasteiger partial charge < -0.3 is 9.47 Å². The molecule has 5 heteroatoms. The van der Waals surface area contributed by atoms with Gasteiger partial charge in [0.1, 0.15) is 5.54 Å². The van der Waals surface area contributed by atoms with E-state index in [1.54, 1.807) is 13.8 Å². The SMILES string of the molecule is CCOC(=O)[C@@H]1C[C@](C)(C(=O)OC(C)C)N[C@@H]1c1ccccc1. The lowest BCUT2D eigenvalue weighted by Crippen LogP contribution is -2.47. The number of esters is 2. The Kier molecular flexibility index (Phi) is 5.42. The third-order valence-electron chi connectivity index (χ3n) is 4.05. The number of hydrogen-bond acceptors (Lipinski definition) is 5. The lowest BCUT2D eigenvalue weighted by Gasteiger charge is -2.25. The minimum atomic E-state index is -0.901. The quantitative estimate of drug-likeness (QED) is 0.845. The fraction of sp³-hybridized carbons (Fsp3) is 0.556. The molecular weight excluding hydrogens is 294 g/mol. The van der Waals surface area contributed by atoms with Crippen LogP contribution < -0.4 is 5.32 Å². The zero-order valence-corrected chi connectivity index (χ0v) is 14.2. The van der Waals surface area contributed by atoms with Crippen molar-refractivity contribution in [2.45, 2.75) is 51.8 Å². The van der Waals surface area contributed by atoms with E-state index in [1.165, 1.54) is 0 Å². The van der Waals surface area contributed by atoms with Crippen LogP contribution in [0.25, 0.3) is 0 Å². The van der Waals surface area contributed by atoms with Crippen molar-refractivity contribution in [2.75, 3.05) is 6.61 Å². The summed E-state index contributed by atoms with van der Waals surface area (Å²) < 4.78 is 10.6. The van der Waals surface area contributed by atoms with Crippen molar-refractivity contribution in [3.8, 4) is 0 Å². The summed E-state index contributed by atoms with van der Waals surface area (Å²) in [4.78, 5) is 24.8. The maximum atomic E-state index is 12.4. The standard InChI is InChI=1S/C18H25NO4/c1-5-22-16(20)14-11-18(4,17(21)23-12(2)3)19-15(14)13-9-7-6-8-10-13/h6-10,12,14-15,19H,5,11H2,1-4H3/t14-,15-,18-/m1/s1. The molecule has 1 fully saturated rings. The van der Waals surface area contributed by atoms with Crippen LogP contribution in [0.15, 0.2) is 30.3 Å². The first-order valence-electron chi connectivity index (χ1n) is 8.07. The molecule has 0 unspecified atom stereocenters. The van der Waals surface area contributed by atoms with Crippen molar-refractivity contribution in [2.24, 2.45) is 5.92 Å². The lowest BCUT2D eigenvalue weighted by atomic mass is 9.90. The molecule has 5 nitrogen and oxygen atoms in total. The Bertz CT molecular complexity index is 557. The van der Waals surface area contributed by atoms with Gasteiger partial charge in [0.05, 0.1) is 18.6 Å². The number of hydrogen-bond donors (Lipinski definition) is 1. The van der Waals surface area contributed by atoms with E-state index in [1.807, 2.05) is 44.2 Å². The average Bonchev–Trinajstić information content (AvgIpc) is 2.87. The van der Waals surface area contributed by atoms with Gasteiger partial charge in [-0.25, -0.2) is 0 Å². The van der Waals surface area contributed by atoms with Gasteiger partial charge in [0.15, 0.2) is 0 Å². The molecule has 0 aliphatic carbocycles.